The molecule has 2 N–H and O–H groups in total. The fraction of sp³-hybridized carbons (Fsp3) is 0.700. The van der Waals surface area contributed by atoms with Crippen molar-refractivity contribution >= 4 is 5.91 Å². The molecule has 0 aliphatic carbocycles. The van der Waals surface area contributed by atoms with Crippen molar-refractivity contribution in [2.24, 2.45) is 5.41 Å². The lowest BCUT2D eigenvalue weighted by Gasteiger charge is -2.18. The topological polar surface area (TPSA) is 41.1 Å². The summed E-state index contributed by atoms with van der Waals surface area (Å²) in [6.45, 7) is 12.3. The van der Waals surface area contributed by atoms with E-state index in [4.69, 9.17) is 0 Å². The number of carbonyl (C=O) groups is 1. The van der Waals surface area contributed by atoms with Crippen LogP contribution < -0.4 is 10.6 Å². The Morgan fingerprint density at radius 3 is 2.46 bits per heavy atom. The first kappa shape index (κ1) is 12.2. The summed E-state index contributed by atoms with van der Waals surface area (Å²) in [7, 11) is 0. The molecule has 0 fully saturated rings. The summed E-state index contributed by atoms with van der Waals surface area (Å²) >= 11 is 0. The van der Waals surface area contributed by atoms with Gasteiger partial charge in [-0.25, -0.2) is 0 Å². The van der Waals surface area contributed by atoms with E-state index < -0.39 is 0 Å². The van der Waals surface area contributed by atoms with Crippen LogP contribution in [0.3, 0.4) is 0 Å². The van der Waals surface area contributed by atoms with E-state index in [9.17, 15) is 4.79 Å². The van der Waals surface area contributed by atoms with Crippen molar-refractivity contribution < 1.29 is 4.79 Å². The van der Waals surface area contributed by atoms with Crippen LogP contribution in [0, 0.1) is 5.41 Å². The molecule has 13 heavy (non-hydrogen) atoms. The van der Waals surface area contributed by atoms with Gasteiger partial charge in [0, 0.05) is 19.6 Å². The van der Waals surface area contributed by atoms with Gasteiger partial charge in [0.15, 0.2) is 0 Å². The molecule has 0 spiro atoms. The monoisotopic (exact) mass is 184 g/mol. The van der Waals surface area contributed by atoms with E-state index in [1.807, 2.05) is 0 Å². The lowest BCUT2D eigenvalue weighted by molar-refractivity contribution is -0.116. The average molecular weight is 184 g/mol. The molecular formula is C10H20N2O. The van der Waals surface area contributed by atoms with Gasteiger partial charge in [-0.1, -0.05) is 27.4 Å². The maximum atomic E-state index is 10.7. The van der Waals surface area contributed by atoms with E-state index in [0.29, 0.717) is 12.0 Å². The van der Waals surface area contributed by atoms with Crippen molar-refractivity contribution in [2.45, 2.75) is 20.8 Å². The van der Waals surface area contributed by atoms with Gasteiger partial charge in [-0.05, 0) is 11.5 Å². The number of nitrogens with one attached hydrogen (secondary N) is 2. The highest BCUT2D eigenvalue weighted by Crippen LogP contribution is 2.09. The Labute approximate surface area is 80.6 Å². The standard InChI is InChI=1S/C10H20N2O/c1-5-9(13)12-7-6-11-8-10(2,3)4/h5,11H,1,6-8H2,2-4H3,(H,12,13). The minimum atomic E-state index is -0.113. The smallest absolute Gasteiger partial charge is 0.243 e. The van der Waals surface area contributed by atoms with Gasteiger partial charge < -0.3 is 10.6 Å². The first-order valence-corrected chi connectivity index (χ1v) is 4.57. The summed E-state index contributed by atoms with van der Waals surface area (Å²) in [4.78, 5) is 10.7. The number of rotatable bonds is 5. The zero-order chi connectivity index (χ0) is 10.3. The molecule has 0 saturated heterocycles. The molecule has 0 aliphatic heterocycles. The molecule has 0 rings (SSSR count). The molecule has 0 aromatic heterocycles. The first-order chi connectivity index (χ1) is 5.95. The van der Waals surface area contributed by atoms with Crippen molar-refractivity contribution in [2.75, 3.05) is 19.6 Å². The normalized spacial score (nSPS) is 11.0. The molecule has 0 aromatic carbocycles. The molecule has 0 aliphatic rings. The van der Waals surface area contributed by atoms with E-state index in [-0.39, 0.29) is 5.91 Å². The number of carbonyl (C=O) groups excluding carboxylic acids is 1. The van der Waals surface area contributed by atoms with Crippen molar-refractivity contribution in [3.05, 3.63) is 12.7 Å². The fourth-order valence-electron chi connectivity index (χ4n) is 0.810. The predicted molar refractivity (Wildman–Crippen MR) is 55.5 cm³/mol. The minimum absolute atomic E-state index is 0.113. The van der Waals surface area contributed by atoms with Crippen LogP contribution in [0.5, 0.6) is 0 Å². The molecule has 1 amide bonds. The first-order valence-electron chi connectivity index (χ1n) is 4.57. The van der Waals surface area contributed by atoms with Gasteiger partial charge in [0.25, 0.3) is 0 Å². The maximum Gasteiger partial charge on any atom is 0.243 e. The van der Waals surface area contributed by atoms with Gasteiger partial charge in [-0.3, -0.25) is 4.79 Å². The lowest BCUT2D eigenvalue weighted by atomic mass is 9.97. The van der Waals surface area contributed by atoms with Gasteiger partial charge in [-0.15, -0.1) is 0 Å². The largest absolute Gasteiger partial charge is 0.351 e. The molecule has 0 heterocycles. The van der Waals surface area contributed by atoms with Crippen LogP contribution in [-0.4, -0.2) is 25.5 Å². The second kappa shape index (κ2) is 5.75. The summed E-state index contributed by atoms with van der Waals surface area (Å²) in [5.74, 6) is -0.113. The van der Waals surface area contributed by atoms with Gasteiger partial charge in [-0.2, -0.15) is 0 Å². The summed E-state index contributed by atoms with van der Waals surface area (Å²) in [6, 6.07) is 0. The summed E-state index contributed by atoms with van der Waals surface area (Å²) < 4.78 is 0. The summed E-state index contributed by atoms with van der Waals surface area (Å²) in [6.07, 6.45) is 1.28. The van der Waals surface area contributed by atoms with Gasteiger partial charge >= 0.3 is 0 Å². The third kappa shape index (κ3) is 9.08. The highest BCUT2D eigenvalue weighted by Gasteiger charge is 2.08. The van der Waals surface area contributed by atoms with Crippen molar-refractivity contribution in [1.82, 2.24) is 10.6 Å². The van der Waals surface area contributed by atoms with Crippen molar-refractivity contribution in [3.63, 3.8) is 0 Å². The number of hydrogen-bond acceptors (Lipinski definition) is 2. The highest BCUT2D eigenvalue weighted by atomic mass is 16.1. The summed E-state index contributed by atoms with van der Waals surface area (Å²) in [5, 5.41) is 5.95. The van der Waals surface area contributed by atoms with Gasteiger partial charge in [0.1, 0.15) is 0 Å². The minimum Gasteiger partial charge on any atom is -0.351 e. The zero-order valence-corrected chi connectivity index (χ0v) is 8.81. The van der Waals surface area contributed by atoms with Crippen LogP contribution in [0.15, 0.2) is 12.7 Å². The lowest BCUT2D eigenvalue weighted by Crippen LogP contribution is -2.34. The SMILES string of the molecule is C=CC(=O)NCCNCC(C)(C)C. The van der Waals surface area contributed by atoms with Gasteiger partial charge in [0.2, 0.25) is 5.91 Å². The fourth-order valence-corrected chi connectivity index (χ4v) is 0.810. The molecular weight excluding hydrogens is 164 g/mol. The predicted octanol–water partition coefficient (Wildman–Crippen LogP) is 0.924. The van der Waals surface area contributed by atoms with Crippen molar-refractivity contribution in [3.8, 4) is 0 Å². The average Bonchev–Trinajstić information content (AvgIpc) is 2.01. The molecule has 0 aromatic rings. The third-order valence-electron chi connectivity index (χ3n) is 1.44. The Bertz CT molecular complexity index is 170. The van der Waals surface area contributed by atoms with Crippen LogP contribution in [0.1, 0.15) is 20.8 Å². The molecule has 0 saturated carbocycles. The molecule has 3 heteroatoms. The van der Waals surface area contributed by atoms with Crippen LogP contribution in [0.2, 0.25) is 0 Å². The molecule has 0 atom stereocenters. The molecule has 0 bridgehead atoms. The van der Waals surface area contributed by atoms with Crippen LogP contribution >= 0.6 is 0 Å². The Morgan fingerprint density at radius 1 is 1.38 bits per heavy atom. The Kier molecular flexibility index (Phi) is 5.39. The van der Waals surface area contributed by atoms with Gasteiger partial charge in [0.05, 0.1) is 0 Å². The third-order valence-corrected chi connectivity index (χ3v) is 1.44. The van der Waals surface area contributed by atoms with E-state index >= 15 is 0 Å². The molecule has 0 radical (unpaired) electrons. The maximum absolute atomic E-state index is 10.7. The Morgan fingerprint density at radius 2 is 2.00 bits per heavy atom. The molecule has 3 nitrogen and oxygen atoms in total. The van der Waals surface area contributed by atoms with E-state index in [2.05, 4.69) is 38.0 Å². The summed E-state index contributed by atoms with van der Waals surface area (Å²) in [5.41, 5.74) is 0.294. The number of amides is 1. The molecule has 0 unspecified atom stereocenters. The van der Waals surface area contributed by atoms with Crippen molar-refractivity contribution in [1.29, 1.82) is 0 Å². The molecule has 76 valence electrons. The van der Waals surface area contributed by atoms with E-state index in [0.717, 1.165) is 13.1 Å². The quantitative estimate of drug-likeness (QED) is 0.493. The van der Waals surface area contributed by atoms with E-state index in [1.54, 1.807) is 0 Å². The van der Waals surface area contributed by atoms with E-state index in [1.165, 1.54) is 6.08 Å². The Balaban J connectivity index is 3.27. The second-order valence-electron chi connectivity index (χ2n) is 4.23. The zero-order valence-electron chi connectivity index (χ0n) is 8.81. The highest BCUT2D eigenvalue weighted by molar-refractivity contribution is 5.86. The second-order valence-corrected chi connectivity index (χ2v) is 4.23. The van der Waals surface area contributed by atoms with Crippen LogP contribution in [-0.2, 0) is 4.79 Å². The van der Waals surface area contributed by atoms with Crippen LogP contribution in [0.25, 0.3) is 0 Å². The number of hydrogen-bond donors (Lipinski definition) is 2. The Hall–Kier alpha value is -0.830. The van der Waals surface area contributed by atoms with Crippen LogP contribution in [0.4, 0.5) is 0 Å².